The van der Waals surface area contributed by atoms with Crippen molar-refractivity contribution in [3.05, 3.63) is 51.3 Å². The third kappa shape index (κ3) is 3.64. The molecule has 0 fully saturated rings. The summed E-state index contributed by atoms with van der Waals surface area (Å²) in [6, 6.07) is 7.24. The molecule has 0 aliphatic rings. The van der Waals surface area contributed by atoms with Gasteiger partial charge in [0.05, 0.1) is 18.4 Å². The molecule has 0 spiro atoms. The third-order valence-corrected chi connectivity index (χ3v) is 4.10. The van der Waals surface area contributed by atoms with Crippen molar-refractivity contribution in [2.24, 2.45) is 0 Å². The van der Waals surface area contributed by atoms with Gasteiger partial charge >= 0.3 is 5.97 Å². The number of rotatable bonds is 5. The number of hydrogen-bond acceptors (Lipinski definition) is 4. The van der Waals surface area contributed by atoms with Gasteiger partial charge in [-0.25, -0.2) is 4.79 Å². The molecule has 1 heterocycles. The Morgan fingerprint density at radius 3 is 2.35 bits per heavy atom. The summed E-state index contributed by atoms with van der Waals surface area (Å²) < 4.78 is 11.4. The predicted octanol–water partition coefficient (Wildman–Crippen LogP) is 3.83. The number of benzene rings is 1. The number of esters is 1. The van der Waals surface area contributed by atoms with Crippen LogP contribution in [-0.2, 0) is 4.74 Å². The van der Waals surface area contributed by atoms with Crippen LogP contribution in [0.5, 0.6) is 5.75 Å². The van der Waals surface area contributed by atoms with Crippen LogP contribution >= 0.6 is 15.9 Å². The predicted molar refractivity (Wildman–Crippen MR) is 90.2 cm³/mol. The standard InChI is InChI=1S/C17H18BrNO4/c1-9-14(17(21)22-4)10(2)19-15(9)16(20)11(3)23-13-7-5-12(18)6-8-13/h5-8,11,19H,1-4H3/t11-/m1/s1. The Bertz CT molecular complexity index is 734. The molecule has 2 aromatic rings. The minimum absolute atomic E-state index is 0.219. The van der Waals surface area contributed by atoms with Crippen LogP contribution in [0.25, 0.3) is 0 Å². The average molecular weight is 380 g/mol. The van der Waals surface area contributed by atoms with Gasteiger partial charge in [-0.05, 0) is 50.6 Å². The maximum Gasteiger partial charge on any atom is 0.339 e. The number of methoxy groups -OCH3 is 1. The molecule has 0 saturated heterocycles. The van der Waals surface area contributed by atoms with Crippen LogP contribution in [0.4, 0.5) is 0 Å². The van der Waals surface area contributed by atoms with E-state index < -0.39 is 12.1 Å². The fourth-order valence-corrected chi connectivity index (χ4v) is 2.64. The molecule has 0 aliphatic heterocycles. The number of aryl methyl sites for hydroxylation is 1. The molecule has 5 nitrogen and oxygen atoms in total. The Balaban J connectivity index is 2.23. The summed E-state index contributed by atoms with van der Waals surface area (Å²) in [6.07, 6.45) is -0.682. The van der Waals surface area contributed by atoms with Crippen molar-refractivity contribution in [3.8, 4) is 5.75 Å². The summed E-state index contributed by atoms with van der Waals surface area (Å²) in [7, 11) is 1.31. The Kier molecular flexibility index (Phi) is 5.26. The number of nitrogens with one attached hydrogen (secondary N) is 1. The molecule has 122 valence electrons. The van der Waals surface area contributed by atoms with Crippen LogP contribution < -0.4 is 4.74 Å². The summed E-state index contributed by atoms with van der Waals surface area (Å²) in [5.41, 5.74) is 1.94. The van der Waals surface area contributed by atoms with Gasteiger partial charge < -0.3 is 14.5 Å². The molecule has 23 heavy (non-hydrogen) atoms. The summed E-state index contributed by atoms with van der Waals surface area (Å²) in [6.45, 7) is 5.13. The first-order valence-electron chi connectivity index (χ1n) is 7.09. The van der Waals surface area contributed by atoms with E-state index in [0.29, 0.717) is 28.3 Å². The van der Waals surface area contributed by atoms with Crippen molar-refractivity contribution in [3.63, 3.8) is 0 Å². The Hall–Kier alpha value is -2.08. The molecule has 0 saturated carbocycles. The molecule has 1 aromatic carbocycles. The number of carbonyl (C=O) groups excluding carboxylic acids is 2. The van der Waals surface area contributed by atoms with Crippen molar-refractivity contribution >= 4 is 27.7 Å². The maximum absolute atomic E-state index is 12.6. The van der Waals surface area contributed by atoms with E-state index in [0.717, 1.165) is 4.47 Å². The van der Waals surface area contributed by atoms with Gasteiger partial charge in [0, 0.05) is 10.2 Å². The van der Waals surface area contributed by atoms with Crippen LogP contribution in [0.2, 0.25) is 0 Å². The molecular formula is C17H18BrNO4. The minimum atomic E-state index is -0.682. The summed E-state index contributed by atoms with van der Waals surface area (Å²) in [5, 5.41) is 0. The van der Waals surface area contributed by atoms with Gasteiger partial charge in [0.1, 0.15) is 5.75 Å². The number of Topliss-reactive ketones (excluding diaryl/α,β-unsaturated/α-hetero) is 1. The van der Waals surface area contributed by atoms with E-state index in [4.69, 9.17) is 9.47 Å². The zero-order valence-electron chi connectivity index (χ0n) is 13.4. The van der Waals surface area contributed by atoms with E-state index in [1.165, 1.54) is 7.11 Å². The summed E-state index contributed by atoms with van der Waals surface area (Å²) in [5.74, 6) is -0.0800. The number of ether oxygens (including phenoxy) is 2. The van der Waals surface area contributed by atoms with E-state index >= 15 is 0 Å². The maximum atomic E-state index is 12.6. The topological polar surface area (TPSA) is 68.4 Å². The summed E-state index contributed by atoms with van der Waals surface area (Å²) >= 11 is 3.35. The zero-order chi connectivity index (χ0) is 17.1. The minimum Gasteiger partial charge on any atom is -0.483 e. The number of H-pyrrole nitrogens is 1. The first-order valence-corrected chi connectivity index (χ1v) is 7.88. The van der Waals surface area contributed by atoms with Crippen LogP contribution in [0.1, 0.15) is 39.0 Å². The second-order valence-electron chi connectivity index (χ2n) is 5.19. The molecule has 0 bridgehead atoms. The molecule has 0 radical (unpaired) electrons. The number of hydrogen-bond donors (Lipinski definition) is 1. The highest BCUT2D eigenvalue weighted by Gasteiger charge is 2.26. The van der Waals surface area contributed by atoms with Gasteiger partial charge in [0.25, 0.3) is 0 Å². The second-order valence-corrected chi connectivity index (χ2v) is 6.11. The van der Waals surface area contributed by atoms with Crippen LogP contribution in [-0.4, -0.2) is 30.0 Å². The lowest BCUT2D eigenvalue weighted by molar-refractivity contribution is 0.0599. The molecule has 1 aromatic heterocycles. The van der Waals surface area contributed by atoms with Gasteiger partial charge in [0.15, 0.2) is 6.10 Å². The zero-order valence-corrected chi connectivity index (χ0v) is 15.0. The molecule has 0 amide bonds. The monoisotopic (exact) mass is 379 g/mol. The van der Waals surface area contributed by atoms with Gasteiger partial charge in [-0.2, -0.15) is 0 Å². The van der Waals surface area contributed by atoms with Crippen molar-refractivity contribution in [1.29, 1.82) is 0 Å². The van der Waals surface area contributed by atoms with Crippen molar-refractivity contribution in [2.45, 2.75) is 26.9 Å². The van der Waals surface area contributed by atoms with Crippen LogP contribution in [0, 0.1) is 13.8 Å². The molecule has 0 unspecified atom stereocenters. The third-order valence-electron chi connectivity index (χ3n) is 3.57. The van der Waals surface area contributed by atoms with Crippen LogP contribution in [0.15, 0.2) is 28.7 Å². The molecular weight excluding hydrogens is 362 g/mol. The largest absolute Gasteiger partial charge is 0.483 e. The molecule has 2 rings (SSSR count). The number of ketones is 1. The highest BCUT2D eigenvalue weighted by molar-refractivity contribution is 9.10. The van der Waals surface area contributed by atoms with Crippen LogP contribution in [0.3, 0.4) is 0 Å². The van der Waals surface area contributed by atoms with E-state index in [2.05, 4.69) is 20.9 Å². The normalized spacial score (nSPS) is 11.9. The van der Waals surface area contributed by atoms with E-state index in [1.54, 1.807) is 32.9 Å². The lowest BCUT2D eigenvalue weighted by Gasteiger charge is -2.13. The quantitative estimate of drug-likeness (QED) is 0.632. The highest BCUT2D eigenvalue weighted by Crippen LogP contribution is 2.22. The fourth-order valence-electron chi connectivity index (χ4n) is 2.38. The lowest BCUT2D eigenvalue weighted by atomic mass is 10.1. The average Bonchev–Trinajstić information content (AvgIpc) is 2.82. The van der Waals surface area contributed by atoms with E-state index in [-0.39, 0.29) is 5.78 Å². The van der Waals surface area contributed by atoms with Crippen molar-refractivity contribution < 1.29 is 19.1 Å². The van der Waals surface area contributed by atoms with E-state index in [1.807, 2.05) is 12.1 Å². The number of aromatic amines is 1. The fraction of sp³-hybridized carbons (Fsp3) is 0.294. The number of halogens is 1. The molecule has 1 N–H and O–H groups in total. The molecule has 6 heteroatoms. The van der Waals surface area contributed by atoms with Crippen molar-refractivity contribution in [2.75, 3.05) is 7.11 Å². The first-order chi connectivity index (χ1) is 10.8. The smallest absolute Gasteiger partial charge is 0.339 e. The van der Waals surface area contributed by atoms with Gasteiger partial charge in [-0.1, -0.05) is 15.9 Å². The Morgan fingerprint density at radius 2 is 1.78 bits per heavy atom. The number of aromatic nitrogens is 1. The first kappa shape index (κ1) is 17.3. The summed E-state index contributed by atoms with van der Waals surface area (Å²) in [4.78, 5) is 27.4. The second kappa shape index (κ2) is 7.00. The SMILES string of the molecule is COC(=O)c1c(C)[nH]c(C(=O)[C@@H](C)Oc2ccc(Br)cc2)c1C. The highest BCUT2D eigenvalue weighted by atomic mass is 79.9. The Labute approximate surface area is 143 Å². The van der Waals surface area contributed by atoms with Gasteiger partial charge in [0.2, 0.25) is 5.78 Å². The van der Waals surface area contributed by atoms with Gasteiger partial charge in [-0.15, -0.1) is 0 Å². The van der Waals surface area contributed by atoms with E-state index in [9.17, 15) is 9.59 Å². The number of carbonyl (C=O) groups is 2. The molecule has 0 aliphatic carbocycles. The van der Waals surface area contributed by atoms with Gasteiger partial charge in [-0.3, -0.25) is 4.79 Å². The Morgan fingerprint density at radius 1 is 1.17 bits per heavy atom. The molecule has 1 atom stereocenters. The lowest BCUT2D eigenvalue weighted by Crippen LogP contribution is -2.25. The van der Waals surface area contributed by atoms with Crippen molar-refractivity contribution in [1.82, 2.24) is 4.98 Å².